The molecule has 0 aliphatic rings. The number of hydrogen-bond acceptors (Lipinski definition) is 6. The number of nitrogens with zero attached hydrogens (tertiary/aromatic N) is 2. The molecule has 0 aliphatic carbocycles. The van der Waals surface area contributed by atoms with Crippen molar-refractivity contribution >= 4 is 5.69 Å². The van der Waals surface area contributed by atoms with Crippen molar-refractivity contribution in [3.63, 3.8) is 0 Å². The summed E-state index contributed by atoms with van der Waals surface area (Å²) in [5.74, 6) is 0.108. The second kappa shape index (κ2) is 7.01. The van der Waals surface area contributed by atoms with Crippen LogP contribution in [0.5, 0.6) is 11.5 Å². The van der Waals surface area contributed by atoms with Crippen molar-refractivity contribution in [2.24, 2.45) is 0 Å². The predicted molar refractivity (Wildman–Crippen MR) is 97.5 cm³/mol. The van der Waals surface area contributed by atoms with Gasteiger partial charge in [-0.15, -0.1) is 0 Å². The van der Waals surface area contributed by atoms with Crippen molar-refractivity contribution in [2.45, 2.75) is 0 Å². The molecule has 2 N–H and O–H groups in total. The molecule has 1 heterocycles. The molecule has 0 unspecified atom stereocenters. The number of nitro benzene ring substituents is 1. The maximum atomic E-state index is 12.4. The van der Waals surface area contributed by atoms with Gasteiger partial charge in [-0.3, -0.25) is 14.9 Å². The Morgan fingerprint density at radius 3 is 2.63 bits per heavy atom. The van der Waals surface area contributed by atoms with E-state index in [1.165, 1.54) is 37.4 Å². The van der Waals surface area contributed by atoms with Crippen LogP contribution in [-0.4, -0.2) is 22.1 Å². The molecular formula is C19H13N3O5. The molecule has 27 heavy (non-hydrogen) atoms. The van der Waals surface area contributed by atoms with Crippen LogP contribution in [0.3, 0.4) is 0 Å². The number of rotatable bonds is 4. The van der Waals surface area contributed by atoms with Crippen LogP contribution in [0.1, 0.15) is 5.56 Å². The zero-order valence-electron chi connectivity index (χ0n) is 14.1. The highest BCUT2D eigenvalue weighted by Gasteiger charge is 2.15. The minimum absolute atomic E-state index is 0.0801. The highest BCUT2D eigenvalue weighted by Crippen LogP contribution is 2.33. The summed E-state index contributed by atoms with van der Waals surface area (Å²) in [6, 6.07) is 13.7. The molecule has 0 bridgehead atoms. The molecule has 0 radical (unpaired) electrons. The minimum Gasteiger partial charge on any atom is -0.504 e. The lowest BCUT2D eigenvalue weighted by Gasteiger charge is -2.10. The van der Waals surface area contributed by atoms with E-state index < -0.39 is 10.5 Å². The van der Waals surface area contributed by atoms with E-state index in [1.54, 1.807) is 18.2 Å². The molecule has 0 aliphatic heterocycles. The average Bonchev–Trinajstić information content (AvgIpc) is 2.67. The number of ether oxygens (including phenoxy) is 1. The summed E-state index contributed by atoms with van der Waals surface area (Å²) in [5.41, 5.74) is 0.702. The fraction of sp³-hybridized carbons (Fsp3) is 0.0526. The third-order valence-electron chi connectivity index (χ3n) is 4.00. The van der Waals surface area contributed by atoms with Crippen LogP contribution in [0, 0.1) is 21.4 Å². The number of methoxy groups -OCH3 is 1. The Morgan fingerprint density at radius 2 is 1.96 bits per heavy atom. The summed E-state index contributed by atoms with van der Waals surface area (Å²) in [5, 5.41) is 30.1. The normalized spacial score (nSPS) is 10.2. The van der Waals surface area contributed by atoms with Gasteiger partial charge in [0, 0.05) is 29.0 Å². The highest BCUT2D eigenvalue weighted by molar-refractivity contribution is 5.77. The lowest BCUT2D eigenvalue weighted by atomic mass is 9.98. The number of pyridine rings is 1. The van der Waals surface area contributed by atoms with Gasteiger partial charge < -0.3 is 14.8 Å². The molecule has 3 rings (SSSR count). The van der Waals surface area contributed by atoms with E-state index in [9.17, 15) is 25.3 Å². The molecule has 2 aromatic carbocycles. The molecule has 0 fully saturated rings. The van der Waals surface area contributed by atoms with Gasteiger partial charge in [-0.2, -0.15) is 5.26 Å². The van der Waals surface area contributed by atoms with Gasteiger partial charge in [-0.25, -0.2) is 0 Å². The number of nitriles is 1. The van der Waals surface area contributed by atoms with Crippen molar-refractivity contribution in [1.82, 2.24) is 4.98 Å². The van der Waals surface area contributed by atoms with Gasteiger partial charge in [0.2, 0.25) is 0 Å². The van der Waals surface area contributed by atoms with Crippen LogP contribution in [0.2, 0.25) is 0 Å². The lowest BCUT2D eigenvalue weighted by Crippen LogP contribution is -2.12. The molecule has 1 aromatic heterocycles. The second-order valence-electron chi connectivity index (χ2n) is 5.61. The van der Waals surface area contributed by atoms with Gasteiger partial charge in [0.15, 0.2) is 11.5 Å². The molecule has 0 atom stereocenters. The minimum atomic E-state index is -0.622. The number of phenols is 1. The van der Waals surface area contributed by atoms with E-state index in [0.29, 0.717) is 22.4 Å². The van der Waals surface area contributed by atoms with Crippen LogP contribution in [-0.2, 0) is 0 Å². The first-order valence-corrected chi connectivity index (χ1v) is 7.74. The van der Waals surface area contributed by atoms with Gasteiger partial charge in [-0.1, -0.05) is 18.2 Å². The maximum Gasteiger partial charge on any atom is 0.270 e. The highest BCUT2D eigenvalue weighted by atomic mass is 16.6. The molecule has 134 valence electrons. The van der Waals surface area contributed by atoms with Gasteiger partial charge in [0.05, 0.1) is 12.0 Å². The second-order valence-corrected chi connectivity index (χ2v) is 5.61. The largest absolute Gasteiger partial charge is 0.504 e. The number of non-ortho nitro benzene ring substituents is 1. The quantitative estimate of drug-likeness (QED) is 0.541. The molecular weight excluding hydrogens is 350 g/mol. The Labute approximate surface area is 153 Å². The number of aromatic amines is 1. The monoisotopic (exact) mass is 363 g/mol. The molecule has 0 saturated heterocycles. The van der Waals surface area contributed by atoms with E-state index in [4.69, 9.17) is 4.74 Å². The van der Waals surface area contributed by atoms with E-state index in [0.717, 1.165) is 0 Å². The lowest BCUT2D eigenvalue weighted by molar-refractivity contribution is -0.384. The van der Waals surface area contributed by atoms with Crippen LogP contribution < -0.4 is 10.3 Å². The van der Waals surface area contributed by atoms with Crippen molar-refractivity contribution in [2.75, 3.05) is 7.11 Å². The van der Waals surface area contributed by atoms with E-state index in [2.05, 4.69) is 4.98 Å². The van der Waals surface area contributed by atoms with Gasteiger partial charge >= 0.3 is 0 Å². The summed E-state index contributed by atoms with van der Waals surface area (Å²) in [6.07, 6.45) is 0. The third kappa shape index (κ3) is 3.34. The Balaban J connectivity index is 2.24. The first-order chi connectivity index (χ1) is 12.9. The first-order valence-electron chi connectivity index (χ1n) is 7.74. The topological polar surface area (TPSA) is 129 Å². The summed E-state index contributed by atoms with van der Waals surface area (Å²) < 4.78 is 5.07. The number of phenolic OH excluding ortho intramolecular Hbond substituents is 1. The van der Waals surface area contributed by atoms with Gasteiger partial charge in [0.1, 0.15) is 11.6 Å². The maximum absolute atomic E-state index is 12.4. The van der Waals surface area contributed by atoms with Crippen molar-refractivity contribution in [1.29, 1.82) is 5.26 Å². The molecule has 8 heteroatoms. The predicted octanol–water partition coefficient (Wildman–Crippen LogP) is 3.20. The summed E-state index contributed by atoms with van der Waals surface area (Å²) in [7, 11) is 1.39. The van der Waals surface area contributed by atoms with E-state index >= 15 is 0 Å². The number of aromatic nitrogens is 1. The molecule has 3 aromatic rings. The molecule has 8 nitrogen and oxygen atoms in total. The Morgan fingerprint density at radius 1 is 1.19 bits per heavy atom. The zero-order chi connectivity index (χ0) is 19.6. The number of H-pyrrole nitrogens is 1. The van der Waals surface area contributed by atoms with E-state index in [1.807, 2.05) is 6.07 Å². The van der Waals surface area contributed by atoms with Crippen LogP contribution in [0.4, 0.5) is 5.69 Å². The molecule has 0 amide bonds. The number of nitro groups is 1. The van der Waals surface area contributed by atoms with Crippen LogP contribution >= 0.6 is 0 Å². The van der Waals surface area contributed by atoms with Gasteiger partial charge in [0.25, 0.3) is 11.2 Å². The van der Waals surface area contributed by atoms with E-state index in [-0.39, 0.29) is 22.7 Å². The third-order valence-corrected chi connectivity index (χ3v) is 4.00. The van der Waals surface area contributed by atoms with Crippen molar-refractivity contribution < 1.29 is 14.8 Å². The number of benzene rings is 2. The zero-order valence-corrected chi connectivity index (χ0v) is 14.1. The number of nitrogens with one attached hydrogen (secondary N) is 1. The number of aromatic hydroxyl groups is 1. The smallest absolute Gasteiger partial charge is 0.270 e. The van der Waals surface area contributed by atoms with Crippen LogP contribution in [0.25, 0.3) is 22.4 Å². The fourth-order valence-corrected chi connectivity index (χ4v) is 2.69. The van der Waals surface area contributed by atoms with Crippen LogP contribution in [0.15, 0.2) is 53.3 Å². The average molecular weight is 363 g/mol. The Kier molecular flexibility index (Phi) is 4.60. The molecule has 0 spiro atoms. The fourth-order valence-electron chi connectivity index (χ4n) is 2.69. The standard InChI is InChI=1S/C19H13N3O5/c1-27-18-8-11(5-6-17(18)23)14-9-16(21-19(24)15(14)10-20)12-3-2-4-13(7-12)22(25)26/h2-9,23H,1H3,(H,21,24). The summed E-state index contributed by atoms with van der Waals surface area (Å²) in [6.45, 7) is 0. The summed E-state index contributed by atoms with van der Waals surface area (Å²) in [4.78, 5) is 25.4. The first kappa shape index (κ1) is 17.7. The van der Waals surface area contributed by atoms with Crippen molar-refractivity contribution in [3.05, 3.63) is 74.6 Å². The molecule has 0 saturated carbocycles. The SMILES string of the molecule is COc1cc(-c2cc(-c3cccc([N+](=O)[O-])c3)[nH]c(=O)c2C#N)ccc1O. The summed E-state index contributed by atoms with van der Waals surface area (Å²) >= 11 is 0. The van der Waals surface area contributed by atoms with Gasteiger partial charge in [-0.05, 0) is 23.8 Å². The Bertz CT molecular complexity index is 1140. The number of hydrogen-bond donors (Lipinski definition) is 2. The van der Waals surface area contributed by atoms with Crippen molar-refractivity contribution in [3.8, 4) is 40.0 Å². The Hall–Kier alpha value is -4.12.